The first-order chi connectivity index (χ1) is 15.0. The lowest BCUT2D eigenvalue weighted by Crippen LogP contribution is -2.49. The van der Waals surface area contributed by atoms with E-state index in [-0.39, 0.29) is 29.3 Å². The highest BCUT2D eigenvalue weighted by atomic mass is 16.2. The van der Waals surface area contributed by atoms with E-state index in [0.717, 1.165) is 28.8 Å². The van der Waals surface area contributed by atoms with Crippen LogP contribution in [0.4, 0.5) is 4.79 Å². The molecule has 32 heavy (non-hydrogen) atoms. The highest BCUT2D eigenvalue weighted by Gasteiger charge is 2.37. The molecule has 1 aromatic heterocycles. The van der Waals surface area contributed by atoms with Gasteiger partial charge in [-0.25, -0.2) is 4.79 Å². The van der Waals surface area contributed by atoms with Gasteiger partial charge in [-0.15, -0.1) is 0 Å². The summed E-state index contributed by atoms with van der Waals surface area (Å²) in [4.78, 5) is 29.9. The van der Waals surface area contributed by atoms with Crippen LogP contribution in [0, 0.1) is 6.92 Å². The fraction of sp³-hybridized carbons (Fsp3) is 0.444. The third-order valence-corrected chi connectivity index (χ3v) is 7.16. The summed E-state index contributed by atoms with van der Waals surface area (Å²) in [6, 6.07) is 8.16. The third-order valence-electron chi connectivity index (χ3n) is 7.16. The molecule has 0 atom stereocenters. The molecule has 2 heterocycles. The SMILES string of the molecule is C=C(c1ccc(CN2C(=O)CCNC2=O)cn1)c1cc2c(cc1C)C(C)(C)CCC2(C)C. The number of aryl methyl sites for hydroxylation is 1. The quantitative estimate of drug-likeness (QED) is 0.720. The number of carbonyl (C=O) groups excluding carboxylic acids is 2. The lowest BCUT2D eigenvalue weighted by Gasteiger charge is -2.42. The second-order valence-corrected chi connectivity index (χ2v) is 10.5. The Labute approximate surface area is 190 Å². The van der Waals surface area contributed by atoms with Crippen molar-refractivity contribution < 1.29 is 9.59 Å². The monoisotopic (exact) mass is 431 g/mol. The second kappa shape index (κ2) is 7.88. The number of urea groups is 1. The van der Waals surface area contributed by atoms with E-state index in [4.69, 9.17) is 0 Å². The molecule has 1 aliphatic heterocycles. The average Bonchev–Trinajstić information content (AvgIpc) is 2.74. The summed E-state index contributed by atoms with van der Waals surface area (Å²) in [6.45, 7) is 16.5. The van der Waals surface area contributed by atoms with Crippen molar-refractivity contribution in [1.29, 1.82) is 0 Å². The molecule has 0 unspecified atom stereocenters. The molecule has 1 aliphatic carbocycles. The van der Waals surface area contributed by atoms with Crippen molar-refractivity contribution in [2.45, 2.75) is 71.3 Å². The molecule has 5 heteroatoms. The number of hydrogen-bond donors (Lipinski definition) is 1. The first-order valence-electron chi connectivity index (χ1n) is 11.4. The molecule has 1 aromatic carbocycles. The molecule has 168 valence electrons. The Bertz CT molecular complexity index is 1080. The van der Waals surface area contributed by atoms with Gasteiger partial charge in [0.25, 0.3) is 0 Å². The summed E-state index contributed by atoms with van der Waals surface area (Å²) in [5.74, 6) is -0.155. The Morgan fingerprint density at radius 2 is 1.75 bits per heavy atom. The first kappa shape index (κ1) is 22.3. The predicted molar refractivity (Wildman–Crippen MR) is 127 cm³/mol. The van der Waals surface area contributed by atoms with Crippen LogP contribution in [-0.2, 0) is 22.2 Å². The zero-order chi connectivity index (χ0) is 23.3. The van der Waals surface area contributed by atoms with Crippen molar-refractivity contribution >= 4 is 17.5 Å². The number of imide groups is 1. The van der Waals surface area contributed by atoms with Gasteiger partial charge in [-0.2, -0.15) is 0 Å². The van der Waals surface area contributed by atoms with Gasteiger partial charge in [0.15, 0.2) is 0 Å². The van der Waals surface area contributed by atoms with Crippen molar-refractivity contribution in [3.05, 3.63) is 70.6 Å². The number of carbonyl (C=O) groups is 2. The van der Waals surface area contributed by atoms with Gasteiger partial charge in [-0.3, -0.25) is 14.7 Å². The molecular weight excluding hydrogens is 398 g/mol. The Morgan fingerprint density at radius 3 is 2.34 bits per heavy atom. The maximum Gasteiger partial charge on any atom is 0.324 e. The number of benzene rings is 1. The highest BCUT2D eigenvalue weighted by Crippen LogP contribution is 2.47. The van der Waals surface area contributed by atoms with E-state index in [1.54, 1.807) is 6.20 Å². The summed E-state index contributed by atoms with van der Waals surface area (Å²) in [7, 11) is 0. The number of aromatic nitrogens is 1. The van der Waals surface area contributed by atoms with Crippen molar-refractivity contribution in [3.8, 4) is 0 Å². The summed E-state index contributed by atoms with van der Waals surface area (Å²) in [5.41, 5.74) is 8.00. The van der Waals surface area contributed by atoms with Crippen LogP contribution in [0.2, 0.25) is 0 Å². The molecule has 0 saturated carbocycles. The molecule has 1 saturated heterocycles. The van der Waals surface area contributed by atoms with Gasteiger partial charge in [-0.1, -0.05) is 46.4 Å². The molecule has 0 spiro atoms. The molecule has 2 aliphatic rings. The van der Waals surface area contributed by atoms with E-state index in [2.05, 4.69) is 63.6 Å². The van der Waals surface area contributed by atoms with Gasteiger partial charge < -0.3 is 5.32 Å². The van der Waals surface area contributed by atoms with Crippen LogP contribution in [0.25, 0.3) is 5.57 Å². The summed E-state index contributed by atoms with van der Waals surface area (Å²) in [6.07, 6.45) is 4.42. The van der Waals surface area contributed by atoms with Gasteiger partial charge in [0.2, 0.25) is 5.91 Å². The van der Waals surface area contributed by atoms with Gasteiger partial charge in [0.05, 0.1) is 12.2 Å². The number of hydrogen-bond acceptors (Lipinski definition) is 3. The number of nitrogens with one attached hydrogen (secondary N) is 1. The fourth-order valence-electron chi connectivity index (χ4n) is 4.84. The van der Waals surface area contributed by atoms with Crippen molar-refractivity contribution in [2.24, 2.45) is 0 Å². The lowest BCUT2D eigenvalue weighted by molar-refractivity contribution is -0.129. The summed E-state index contributed by atoms with van der Waals surface area (Å²) in [5, 5.41) is 2.71. The molecule has 2 aromatic rings. The van der Waals surface area contributed by atoms with Crippen LogP contribution >= 0.6 is 0 Å². The highest BCUT2D eigenvalue weighted by molar-refractivity contribution is 5.96. The van der Waals surface area contributed by atoms with Gasteiger partial charge >= 0.3 is 6.03 Å². The average molecular weight is 432 g/mol. The predicted octanol–water partition coefficient (Wildman–Crippen LogP) is 5.24. The van der Waals surface area contributed by atoms with E-state index in [9.17, 15) is 9.59 Å². The molecule has 0 bridgehead atoms. The van der Waals surface area contributed by atoms with E-state index in [1.165, 1.54) is 28.0 Å². The first-order valence-corrected chi connectivity index (χ1v) is 11.4. The van der Waals surface area contributed by atoms with Crippen molar-refractivity contribution in [3.63, 3.8) is 0 Å². The van der Waals surface area contributed by atoms with Gasteiger partial charge in [-0.05, 0) is 70.5 Å². The van der Waals surface area contributed by atoms with E-state index >= 15 is 0 Å². The van der Waals surface area contributed by atoms with Crippen LogP contribution in [0.15, 0.2) is 37.0 Å². The van der Waals surface area contributed by atoms with Crippen LogP contribution < -0.4 is 5.32 Å². The number of pyridine rings is 1. The number of fused-ring (bicyclic) bond motifs is 1. The largest absolute Gasteiger partial charge is 0.337 e. The molecule has 5 nitrogen and oxygen atoms in total. The molecule has 0 radical (unpaired) electrons. The minimum Gasteiger partial charge on any atom is -0.337 e. The van der Waals surface area contributed by atoms with Crippen LogP contribution in [0.1, 0.15) is 80.5 Å². The third kappa shape index (κ3) is 3.96. The van der Waals surface area contributed by atoms with E-state index in [1.807, 2.05) is 12.1 Å². The van der Waals surface area contributed by atoms with Crippen LogP contribution in [0.5, 0.6) is 0 Å². The van der Waals surface area contributed by atoms with Crippen LogP contribution in [-0.4, -0.2) is 28.4 Å². The number of amides is 3. The molecule has 1 fully saturated rings. The number of rotatable bonds is 4. The minimum absolute atomic E-state index is 0.131. The van der Waals surface area contributed by atoms with Crippen LogP contribution in [0.3, 0.4) is 0 Å². The fourth-order valence-corrected chi connectivity index (χ4v) is 4.84. The van der Waals surface area contributed by atoms with E-state index < -0.39 is 0 Å². The van der Waals surface area contributed by atoms with Crippen molar-refractivity contribution in [1.82, 2.24) is 15.2 Å². The van der Waals surface area contributed by atoms with Gasteiger partial charge in [0.1, 0.15) is 0 Å². The molecule has 4 rings (SSSR count). The Morgan fingerprint density at radius 1 is 1.09 bits per heavy atom. The Balaban J connectivity index is 1.61. The summed E-state index contributed by atoms with van der Waals surface area (Å²) < 4.78 is 0. The topological polar surface area (TPSA) is 62.3 Å². The Kier molecular flexibility index (Phi) is 5.48. The lowest BCUT2D eigenvalue weighted by atomic mass is 9.62. The van der Waals surface area contributed by atoms with Crippen molar-refractivity contribution in [2.75, 3.05) is 6.54 Å². The standard InChI is InChI=1S/C27H33N3O2/c1-17-13-21-22(27(5,6)11-10-26(21,3)4)14-20(17)18(2)23-8-7-19(15-29-23)16-30-24(31)9-12-28-25(30)32/h7-8,13-15H,2,9-12,16H2,1,3-6H3,(H,28,32). The molecular formula is C27H33N3O2. The maximum atomic E-state index is 12.1. The molecule has 3 amide bonds. The Hall–Kier alpha value is -2.95. The zero-order valence-corrected chi connectivity index (χ0v) is 19.8. The zero-order valence-electron chi connectivity index (χ0n) is 19.8. The van der Waals surface area contributed by atoms with E-state index in [0.29, 0.717) is 13.0 Å². The normalized spacial score (nSPS) is 19.3. The van der Waals surface area contributed by atoms with Gasteiger partial charge in [0, 0.05) is 24.7 Å². The smallest absolute Gasteiger partial charge is 0.324 e. The molecule has 1 N–H and O–H groups in total. The summed E-state index contributed by atoms with van der Waals surface area (Å²) >= 11 is 0. The number of nitrogens with zero attached hydrogens (tertiary/aromatic N) is 2. The minimum atomic E-state index is -0.343. The maximum absolute atomic E-state index is 12.1. The second-order valence-electron chi connectivity index (χ2n) is 10.5.